The van der Waals surface area contributed by atoms with E-state index in [1.54, 1.807) is 6.20 Å². The Labute approximate surface area is 99.8 Å². The molecular weight excluding hydrogens is 220 g/mol. The Morgan fingerprint density at radius 2 is 2.47 bits per heavy atom. The summed E-state index contributed by atoms with van der Waals surface area (Å²) >= 11 is 0. The van der Waals surface area contributed by atoms with Gasteiger partial charge in [0.1, 0.15) is 6.54 Å². The number of aliphatic hydroxyl groups is 1. The van der Waals surface area contributed by atoms with Gasteiger partial charge in [-0.25, -0.2) is 0 Å². The zero-order valence-corrected chi connectivity index (χ0v) is 9.67. The molecule has 2 atom stereocenters. The van der Waals surface area contributed by atoms with Gasteiger partial charge in [0.15, 0.2) is 0 Å². The SMILES string of the molecule is Nc1cnn(CC(=O)NC2CCCC2CO)c1. The number of nitrogen functional groups attached to an aromatic ring is 1. The van der Waals surface area contributed by atoms with Crippen LogP contribution in [0.5, 0.6) is 0 Å². The molecule has 6 heteroatoms. The first-order valence-corrected chi connectivity index (χ1v) is 5.87. The van der Waals surface area contributed by atoms with Crippen molar-refractivity contribution in [3.8, 4) is 0 Å². The summed E-state index contributed by atoms with van der Waals surface area (Å²) in [7, 11) is 0. The maximum Gasteiger partial charge on any atom is 0.241 e. The second-order valence-electron chi connectivity index (χ2n) is 4.52. The Morgan fingerprint density at radius 3 is 3.12 bits per heavy atom. The molecule has 6 nitrogen and oxygen atoms in total. The summed E-state index contributed by atoms with van der Waals surface area (Å²) in [5, 5.41) is 16.0. The Kier molecular flexibility index (Phi) is 3.63. The molecule has 94 valence electrons. The van der Waals surface area contributed by atoms with Gasteiger partial charge in [-0.3, -0.25) is 9.48 Å². The molecule has 0 aliphatic heterocycles. The van der Waals surface area contributed by atoms with Gasteiger partial charge in [0.2, 0.25) is 5.91 Å². The van der Waals surface area contributed by atoms with Crippen molar-refractivity contribution >= 4 is 11.6 Å². The molecule has 0 bridgehead atoms. The molecule has 0 saturated heterocycles. The van der Waals surface area contributed by atoms with E-state index in [0.717, 1.165) is 19.3 Å². The molecule has 2 unspecified atom stereocenters. The minimum atomic E-state index is -0.0848. The van der Waals surface area contributed by atoms with E-state index in [-0.39, 0.29) is 31.0 Å². The lowest BCUT2D eigenvalue weighted by Crippen LogP contribution is -2.40. The number of aliphatic hydroxyl groups excluding tert-OH is 1. The highest BCUT2D eigenvalue weighted by Crippen LogP contribution is 2.24. The van der Waals surface area contributed by atoms with E-state index in [1.165, 1.54) is 10.9 Å². The number of nitrogens with one attached hydrogen (secondary N) is 1. The van der Waals surface area contributed by atoms with E-state index < -0.39 is 0 Å². The summed E-state index contributed by atoms with van der Waals surface area (Å²) in [6, 6.07) is 0.0976. The van der Waals surface area contributed by atoms with E-state index >= 15 is 0 Å². The Bertz CT molecular complexity index is 391. The summed E-state index contributed by atoms with van der Waals surface area (Å²) in [5.41, 5.74) is 6.06. The van der Waals surface area contributed by atoms with Gasteiger partial charge >= 0.3 is 0 Å². The van der Waals surface area contributed by atoms with Crippen LogP contribution in [0, 0.1) is 5.92 Å². The van der Waals surface area contributed by atoms with Gasteiger partial charge in [-0.2, -0.15) is 5.10 Å². The van der Waals surface area contributed by atoms with Gasteiger partial charge in [0, 0.05) is 24.8 Å². The number of nitrogens with two attached hydrogens (primary N) is 1. The molecule has 0 radical (unpaired) electrons. The number of anilines is 1. The van der Waals surface area contributed by atoms with Crippen LogP contribution in [0.4, 0.5) is 5.69 Å². The van der Waals surface area contributed by atoms with Crippen LogP contribution in [0.3, 0.4) is 0 Å². The van der Waals surface area contributed by atoms with Crippen molar-refractivity contribution in [1.82, 2.24) is 15.1 Å². The topological polar surface area (TPSA) is 93.2 Å². The summed E-state index contributed by atoms with van der Waals surface area (Å²) in [6.07, 6.45) is 6.12. The van der Waals surface area contributed by atoms with Crippen molar-refractivity contribution < 1.29 is 9.90 Å². The highest BCUT2D eigenvalue weighted by molar-refractivity contribution is 5.76. The Morgan fingerprint density at radius 1 is 1.65 bits per heavy atom. The van der Waals surface area contributed by atoms with Gasteiger partial charge in [-0.05, 0) is 12.8 Å². The van der Waals surface area contributed by atoms with E-state index in [1.807, 2.05) is 0 Å². The number of carbonyl (C=O) groups excluding carboxylic acids is 1. The molecule has 2 rings (SSSR count). The Balaban J connectivity index is 1.85. The molecule has 1 aliphatic carbocycles. The van der Waals surface area contributed by atoms with Crippen molar-refractivity contribution in [2.45, 2.75) is 31.8 Å². The first-order valence-electron chi connectivity index (χ1n) is 5.87. The molecule has 1 fully saturated rings. The third-order valence-corrected chi connectivity index (χ3v) is 3.20. The third kappa shape index (κ3) is 2.97. The van der Waals surface area contributed by atoms with Crippen LogP contribution in [0.1, 0.15) is 19.3 Å². The summed E-state index contributed by atoms with van der Waals surface area (Å²) in [4.78, 5) is 11.7. The van der Waals surface area contributed by atoms with E-state index in [2.05, 4.69) is 10.4 Å². The summed E-state index contributed by atoms with van der Waals surface area (Å²) in [6.45, 7) is 0.311. The van der Waals surface area contributed by atoms with Crippen LogP contribution in [-0.4, -0.2) is 33.4 Å². The average Bonchev–Trinajstić information content (AvgIpc) is 2.87. The number of hydrogen-bond acceptors (Lipinski definition) is 4. The van der Waals surface area contributed by atoms with Crippen molar-refractivity contribution in [1.29, 1.82) is 0 Å². The molecule has 17 heavy (non-hydrogen) atoms. The van der Waals surface area contributed by atoms with Crippen LogP contribution in [0.2, 0.25) is 0 Å². The van der Waals surface area contributed by atoms with Gasteiger partial charge < -0.3 is 16.2 Å². The van der Waals surface area contributed by atoms with E-state index in [9.17, 15) is 4.79 Å². The molecule has 1 heterocycles. The van der Waals surface area contributed by atoms with Crippen molar-refractivity contribution in [2.75, 3.05) is 12.3 Å². The Hall–Kier alpha value is -1.56. The van der Waals surface area contributed by atoms with Crippen LogP contribution in [-0.2, 0) is 11.3 Å². The molecule has 1 amide bonds. The summed E-state index contributed by atoms with van der Waals surface area (Å²) < 4.78 is 1.51. The normalized spacial score (nSPS) is 23.8. The highest BCUT2D eigenvalue weighted by Gasteiger charge is 2.27. The largest absolute Gasteiger partial charge is 0.396 e. The van der Waals surface area contributed by atoms with Crippen molar-refractivity contribution in [3.05, 3.63) is 12.4 Å². The maximum absolute atomic E-state index is 11.7. The lowest BCUT2D eigenvalue weighted by Gasteiger charge is -2.18. The number of amides is 1. The number of nitrogens with zero attached hydrogens (tertiary/aromatic N) is 2. The van der Waals surface area contributed by atoms with Crippen LogP contribution < -0.4 is 11.1 Å². The molecule has 0 spiro atoms. The molecule has 1 aromatic rings. The number of carbonyl (C=O) groups is 1. The van der Waals surface area contributed by atoms with E-state index in [4.69, 9.17) is 10.8 Å². The van der Waals surface area contributed by atoms with Crippen molar-refractivity contribution in [2.24, 2.45) is 5.92 Å². The highest BCUT2D eigenvalue weighted by atomic mass is 16.3. The fourth-order valence-electron chi connectivity index (χ4n) is 2.31. The van der Waals surface area contributed by atoms with Gasteiger partial charge in [-0.15, -0.1) is 0 Å². The van der Waals surface area contributed by atoms with Crippen LogP contribution in [0.25, 0.3) is 0 Å². The average molecular weight is 238 g/mol. The number of hydrogen-bond donors (Lipinski definition) is 3. The second kappa shape index (κ2) is 5.18. The van der Waals surface area contributed by atoms with Gasteiger partial charge in [-0.1, -0.05) is 6.42 Å². The zero-order chi connectivity index (χ0) is 12.3. The zero-order valence-electron chi connectivity index (χ0n) is 9.67. The first kappa shape index (κ1) is 11.9. The molecule has 4 N–H and O–H groups in total. The van der Waals surface area contributed by atoms with Gasteiger partial charge in [0.25, 0.3) is 0 Å². The fraction of sp³-hybridized carbons (Fsp3) is 0.636. The predicted octanol–water partition coefficient (Wildman–Crippen LogP) is -0.258. The number of aromatic nitrogens is 2. The van der Waals surface area contributed by atoms with Crippen LogP contribution >= 0.6 is 0 Å². The van der Waals surface area contributed by atoms with Gasteiger partial charge in [0.05, 0.1) is 11.9 Å². The molecule has 1 aliphatic rings. The van der Waals surface area contributed by atoms with E-state index in [0.29, 0.717) is 5.69 Å². The minimum Gasteiger partial charge on any atom is -0.396 e. The first-order chi connectivity index (χ1) is 8.19. The predicted molar refractivity (Wildman–Crippen MR) is 63.0 cm³/mol. The smallest absolute Gasteiger partial charge is 0.241 e. The number of rotatable bonds is 4. The third-order valence-electron chi connectivity index (χ3n) is 3.20. The quantitative estimate of drug-likeness (QED) is 0.674. The lowest BCUT2D eigenvalue weighted by molar-refractivity contribution is -0.122. The van der Waals surface area contributed by atoms with Crippen molar-refractivity contribution in [3.63, 3.8) is 0 Å². The molecule has 1 aromatic heterocycles. The lowest BCUT2D eigenvalue weighted by atomic mass is 10.1. The fourth-order valence-corrected chi connectivity index (χ4v) is 2.31. The maximum atomic E-state index is 11.7. The monoisotopic (exact) mass is 238 g/mol. The minimum absolute atomic E-state index is 0.0848. The standard InChI is InChI=1S/C11H18N4O2/c12-9-4-13-15(5-9)6-11(17)14-10-3-1-2-8(10)7-16/h4-5,8,10,16H,1-3,6-7,12H2,(H,14,17). The molecular formula is C11H18N4O2. The summed E-state index contributed by atoms with van der Waals surface area (Å²) in [5.74, 6) is 0.111. The molecule has 0 aromatic carbocycles. The second-order valence-corrected chi connectivity index (χ2v) is 4.52. The van der Waals surface area contributed by atoms with Crippen LogP contribution in [0.15, 0.2) is 12.4 Å². The molecule has 1 saturated carbocycles.